The van der Waals surface area contributed by atoms with E-state index in [9.17, 15) is 4.79 Å². The third-order valence-electron chi connectivity index (χ3n) is 3.15. The second-order valence-corrected chi connectivity index (χ2v) is 6.90. The number of carbonyl (C=O) groups excluding carboxylic acids is 1. The Bertz CT molecular complexity index is 678. The molecule has 2 aromatic rings. The van der Waals surface area contributed by atoms with Crippen LogP contribution in [0.5, 0.6) is 11.5 Å². The second kappa shape index (κ2) is 9.33. The van der Waals surface area contributed by atoms with Crippen LogP contribution in [0.4, 0.5) is 5.13 Å². The van der Waals surface area contributed by atoms with E-state index in [0.717, 1.165) is 39.5 Å². The molecule has 0 saturated carbocycles. The van der Waals surface area contributed by atoms with E-state index in [1.807, 2.05) is 18.2 Å². The molecule has 130 valence electrons. The summed E-state index contributed by atoms with van der Waals surface area (Å²) in [5.41, 5.74) is 1.14. The van der Waals surface area contributed by atoms with Crippen molar-refractivity contribution in [3.05, 3.63) is 23.8 Å². The van der Waals surface area contributed by atoms with Gasteiger partial charge in [0.05, 0.1) is 20.0 Å². The largest absolute Gasteiger partial charge is 0.493 e. The highest BCUT2D eigenvalue weighted by molar-refractivity contribution is 8.01. The van der Waals surface area contributed by atoms with Crippen molar-refractivity contribution < 1.29 is 14.3 Å². The average molecular weight is 368 g/mol. The van der Waals surface area contributed by atoms with E-state index in [-0.39, 0.29) is 5.91 Å². The van der Waals surface area contributed by atoms with Crippen LogP contribution in [-0.2, 0) is 11.2 Å². The van der Waals surface area contributed by atoms with Crippen molar-refractivity contribution in [1.29, 1.82) is 0 Å². The molecule has 0 bridgehead atoms. The summed E-state index contributed by atoms with van der Waals surface area (Å²) in [4.78, 5) is 11.2. The topological polar surface area (TPSA) is 85.4 Å². The number of nitrogens with one attached hydrogen (secondary N) is 2. The molecule has 0 radical (unpaired) electrons. The van der Waals surface area contributed by atoms with Crippen LogP contribution < -0.4 is 20.1 Å². The van der Waals surface area contributed by atoms with Gasteiger partial charge in [0.1, 0.15) is 0 Å². The Kier molecular flexibility index (Phi) is 7.13. The third-order valence-corrected chi connectivity index (χ3v) is 5.16. The van der Waals surface area contributed by atoms with Crippen molar-refractivity contribution in [2.45, 2.75) is 10.8 Å². The lowest BCUT2D eigenvalue weighted by atomic mass is 10.1. The standard InChI is InChI=1S/C15H20N4O3S2/c1-16-13(20)9-23-15-19-18-14(24-15)17-7-6-10-4-5-11(21-2)12(8-10)22-3/h4-5,8H,6-7,9H2,1-3H3,(H,16,20)(H,17,18). The molecule has 0 aliphatic heterocycles. The first-order valence-corrected chi connectivity index (χ1v) is 9.08. The number of ether oxygens (including phenoxy) is 2. The SMILES string of the molecule is CNC(=O)CSc1nnc(NCCc2ccc(OC)c(OC)c2)s1. The molecule has 1 amide bonds. The molecule has 1 heterocycles. The van der Waals surface area contributed by atoms with E-state index in [1.54, 1.807) is 21.3 Å². The van der Waals surface area contributed by atoms with Crippen LogP contribution in [0.15, 0.2) is 22.5 Å². The summed E-state index contributed by atoms with van der Waals surface area (Å²) in [6.45, 7) is 0.726. The minimum absolute atomic E-state index is 0.0295. The van der Waals surface area contributed by atoms with Gasteiger partial charge in [-0.2, -0.15) is 0 Å². The molecule has 2 rings (SSSR count). The van der Waals surface area contributed by atoms with Crippen molar-refractivity contribution in [2.24, 2.45) is 0 Å². The predicted molar refractivity (Wildman–Crippen MR) is 96.4 cm³/mol. The molecule has 7 nitrogen and oxygen atoms in total. The highest BCUT2D eigenvalue weighted by Gasteiger charge is 2.08. The van der Waals surface area contributed by atoms with E-state index in [2.05, 4.69) is 20.8 Å². The van der Waals surface area contributed by atoms with Crippen LogP contribution >= 0.6 is 23.1 Å². The number of thioether (sulfide) groups is 1. The van der Waals surface area contributed by atoms with E-state index in [1.165, 1.54) is 23.1 Å². The molecule has 0 fully saturated rings. The van der Waals surface area contributed by atoms with E-state index >= 15 is 0 Å². The van der Waals surface area contributed by atoms with Crippen molar-refractivity contribution in [1.82, 2.24) is 15.5 Å². The molecule has 0 aliphatic rings. The number of benzene rings is 1. The molecule has 0 spiro atoms. The van der Waals surface area contributed by atoms with Gasteiger partial charge < -0.3 is 20.1 Å². The van der Waals surface area contributed by atoms with Gasteiger partial charge in [-0.15, -0.1) is 10.2 Å². The zero-order chi connectivity index (χ0) is 17.4. The summed E-state index contributed by atoms with van der Waals surface area (Å²) in [5, 5.41) is 14.7. The van der Waals surface area contributed by atoms with Crippen molar-refractivity contribution in [2.75, 3.05) is 38.9 Å². The van der Waals surface area contributed by atoms with E-state index in [4.69, 9.17) is 9.47 Å². The fraction of sp³-hybridized carbons (Fsp3) is 0.400. The lowest BCUT2D eigenvalue weighted by Gasteiger charge is -2.09. The maximum absolute atomic E-state index is 11.2. The molecule has 24 heavy (non-hydrogen) atoms. The Hall–Kier alpha value is -2.00. The van der Waals surface area contributed by atoms with Crippen LogP contribution in [-0.4, -0.2) is 49.7 Å². The Morgan fingerprint density at radius 2 is 2.04 bits per heavy atom. The molecule has 0 saturated heterocycles. The Morgan fingerprint density at radius 3 is 2.75 bits per heavy atom. The maximum Gasteiger partial charge on any atom is 0.230 e. The van der Waals surface area contributed by atoms with Gasteiger partial charge in [0.25, 0.3) is 0 Å². The van der Waals surface area contributed by atoms with Gasteiger partial charge in [-0.25, -0.2) is 0 Å². The fourth-order valence-electron chi connectivity index (χ4n) is 1.89. The van der Waals surface area contributed by atoms with Crippen LogP contribution in [0, 0.1) is 0 Å². The highest BCUT2D eigenvalue weighted by atomic mass is 32.2. The molecule has 1 aromatic heterocycles. The lowest BCUT2D eigenvalue weighted by molar-refractivity contribution is -0.118. The highest BCUT2D eigenvalue weighted by Crippen LogP contribution is 2.28. The van der Waals surface area contributed by atoms with Crippen molar-refractivity contribution in [3.63, 3.8) is 0 Å². The molecule has 9 heteroatoms. The molecular weight excluding hydrogens is 348 g/mol. The van der Waals surface area contributed by atoms with Crippen LogP contribution in [0.25, 0.3) is 0 Å². The van der Waals surface area contributed by atoms with Crippen LogP contribution in [0.1, 0.15) is 5.56 Å². The third kappa shape index (κ3) is 5.27. The minimum atomic E-state index is -0.0295. The number of hydrogen-bond acceptors (Lipinski definition) is 8. The molecule has 0 atom stereocenters. The van der Waals surface area contributed by atoms with Gasteiger partial charge in [-0.3, -0.25) is 4.79 Å². The normalized spacial score (nSPS) is 10.3. The summed E-state index contributed by atoms with van der Waals surface area (Å²) >= 11 is 2.81. The number of methoxy groups -OCH3 is 2. The van der Waals surface area contributed by atoms with Gasteiger partial charge in [0.2, 0.25) is 11.0 Å². The van der Waals surface area contributed by atoms with E-state index in [0.29, 0.717) is 5.75 Å². The monoisotopic (exact) mass is 368 g/mol. The zero-order valence-electron chi connectivity index (χ0n) is 13.8. The zero-order valence-corrected chi connectivity index (χ0v) is 15.4. The van der Waals surface area contributed by atoms with Gasteiger partial charge in [0, 0.05) is 13.6 Å². The first-order valence-electron chi connectivity index (χ1n) is 7.28. The van der Waals surface area contributed by atoms with E-state index < -0.39 is 0 Å². The number of amides is 1. The molecule has 2 N–H and O–H groups in total. The number of anilines is 1. The summed E-state index contributed by atoms with van der Waals surface area (Å²) in [6, 6.07) is 5.87. The van der Waals surface area contributed by atoms with Gasteiger partial charge in [0.15, 0.2) is 15.8 Å². The Morgan fingerprint density at radius 1 is 1.25 bits per heavy atom. The molecule has 1 aromatic carbocycles. The summed E-state index contributed by atoms with van der Waals surface area (Å²) in [6.07, 6.45) is 0.820. The fourth-order valence-corrected chi connectivity index (χ4v) is 3.54. The molecular formula is C15H20N4O3S2. The second-order valence-electron chi connectivity index (χ2n) is 4.70. The van der Waals surface area contributed by atoms with Gasteiger partial charge in [-0.05, 0) is 24.1 Å². The first-order chi connectivity index (χ1) is 11.7. The number of carbonyl (C=O) groups is 1. The molecule has 0 unspecified atom stereocenters. The first kappa shape index (κ1) is 18.3. The number of rotatable bonds is 9. The average Bonchev–Trinajstić information content (AvgIpc) is 3.07. The van der Waals surface area contributed by atoms with Gasteiger partial charge in [-0.1, -0.05) is 29.2 Å². The Labute approximate surface area is 149 Å². The van der Waals surface area contributed by atoms with Crippen LogP contribution in [0.2, 0.25) is 0 Å². The van der Waals surface area contributed by atoms with Crippen molar-refractivity contribution in [3.8, 4) is 11.5 Å². The quantitative estimate of drug-likeness (QED) is 0.655. The smallest absolute Gasteiger partial charge is 0.230 e. The summed E-state index contributed by atoms with van der Waals surface area (Å²) in [5.74, 6) is 1.75. The lowest BCUT2D eigenvalue weighted by Crippen LogP contribution is -2.19. The number of hydrogen-bond donors (Lipinski definition) is 2. The van der Waals surface area contributed by atoms with Crippen LogP contribution in [0.3, 0.4) is 0 Å². The summed E-state index contributed by atoms with van der Waals surface area (Å²) in [7, 11) is 4.86. The Balaban J connectivity index is 1.82. The van der Waals surface area contributed by atoms with Gasteiger partial charge >= 0.3 is 0 Å². The number of aromatic nitrogens is 2. The maximum atomic E-state index is 11.2. The predicted octanol–water partition coefficient (Wildman–Crippen LogP) is 2.05. The summed E-state index contributed by atoms with van der Waals surface area (Å²) < 4.78 is 11.3. The minimum Gasteiger partial charge on any atom is -0.493 e. The number of nitrogens with zero attached hydrogens (tertiary/aromatic N) is 2. The molecule has 0 aliphatic carbocycles. The van der Waals surface area contributed by atoms with Crippen molar-refractivity contribution >= 4 is 34.1 Å².